The molecule has 1 aliphatic rings. The summed E-state index contributed by atoms with van der Waals surface area (Å²) < 4.78 is 18.1. The molecule has 0 saturated carbocycles. The van der Waals surface area contributed by atoms with Crippen LogP contribution < -0.4 is 9.64 Å². The fourth-order valence-corrected chi connectivity index (χ4v) is 1.74. The van der Waals surface area contributed by atoms with Gasteiger partial charge < -0.3 is 9.64 Å². The summed E-state index contributed by atoms with van der Waals surface area (Å²) in [4.78, 5) is 13.0. The average Bonchev–Trinajstić information content (AvgIpc) is 2.63. The average molecular weight is 209 g/mol. The first-order chi connectivity index (χ1) is 7.20. The SMILES string of the molecule is COc1cc(F)cc(N2CCCC2=O)c1. The zero-order valence-corrected chi connectivity index (χ0v) is 8.50. The minimum atomic E-state index is -0.385. The van der Waals surface area contributed by atoms with Crippen LogP contribution in [-0.2, 0) is 4.79 Å². The first kappa shape index (κ1) is 9.96. The summed E-state index contributed by atoms with van der Waals surface area (Å²) in [5, 5.41) is 0. The molecule has 2 rings (SSSR count). The molecule has 1 fully saturated rings. The Kier molecular flexibility index (Phi) is 2.58. The number of ether oxygens (including phenoxy) is 1. The Labute approximate surface area is 87.5 Å². The molecule has 3 nitrogen and oxygen atoms in total. The van der Waals surface area contributed by atoms with Crippen molar-refractivity contribution in [3.63, 3.8) is 0 Å². The number of halogens is 1. The van der Waals surface area contributed by atoms with Crippen molar-refractivity contribution in [2.75, 3.05) is 18.6 Å². The number of anilines is 1. The smallest absolute Gasteiger partial charge is 0.227 e. The lowest BCUT2D eigenvalue weighted by Crippen LogP contribution is -2.23. The maximum atomic E-state index is 13.2. The van der Waals surface area contributed by atoms with Crippen molar-refractivity contribution in [3.8, 4) is 5.75 Å². The lowest BCUT2D eigenvalue weighted by Gasteiger charge is -2.16. The van der Waals surface area contributed by atoms with Gasteiger partial charge in [-0.3, -0.25) is 4.79 Å². The molecular formula is C11H12FNO2. The number of amides is 1. The Morgan fingerprint density at radius 1 is 1.40 bits per heavy atom. The van der Waals surface area contributed by atoms with Crippen LogP contribution in [0.15, 0.2) is 18.2 Å². The van der Waals surface area contributed by atoms with E-state index in [2.05, 4.69) is 0 Å². The Balaban J connectivity index is 2.34. The first-order valence-electron chi connectivity index (χ1n) is 4.85. The molecule has 15 heavy (non-hydrogen) atoms. The maximum absolute atomic E-state index is 13.2. The molecule has 0 spiro atoms. The maximum Gasteiger partial charge on any atom is 0.227 e. The van der Waals surface area contributed by atoms with Gasteiger partial charge in [-0.1, -0.05) is 0 Å². The minimum Gasteiger partial charge on any atom is -0.497 e. The molecular weight excluding hydrogens is 197 g/mol. The highest BCUT2D eigenvalue weighted by molar-refractivity contribution is 5.95. The molecule has 0 aliphatic carbocycles. The highest BCUT2D eigenvalue weighted by atomic mass is 19.1. The highest BCUT2D eigenvalue weighted by Crippen LogP contribution is 2.26. The van der Waals surface area contributed by atoms with Gasteiger partial charge in [0.1, 0.15) is 11.6 Å². The fourth-order valence-electron chi connectivity index (χ4n) is 1.74. The van der Waals surface area contributed by atoms with Gasteiger partial charge in [-0.2, -0.15) is 0 Å². The van der Waals surface area contributed by atoms with Gasteiger partial charge in [-0.15, -0.1) is 0 Å². The molecule has 0 aromatic heterocycles. The Morgan fingerprint density at radius 3 is 2.80 bits per heavy atom. The standard InChI is InChI=1S/C11H12FNO2/c1-15-10-6-8(12)5-9(7-10)13-4-2-3-11(13)14/h5-7H,2-4H2,1H3. The minimum absolute atomic E-state index is 0.0441. The number of carbonyl (C=O) groups excluding carboxylic acids is 1. The molecule has 1 aromatic rings. The van der Waals surface area contributed by atoms with Crippen molar-refractivity contribution >= 4 is 11.6 Å². The number of rotatable bonds is 2. The van der Waals surface area contributed by atoms with Crippen LogP contribution in [0.2, 0.25) is 0 Å². The molecule has 0 bridgehead atoms. The van der Waals surface area contributed by atoms with Gasteiger partial charge in [-0.25, -0.2) is 4.39 Å². The lowest BCUT2D eigenvalue weighted by atomic mass is 10.2. The normalized spacial score (nSPS) is 15.9. The van der Waals surface area contributed by atoms with Crippen molar-refractivity contribution in [3.05, 3.63) is 24.0 Å². The van der Waals surface area contributed by atoms with Crippen LogP contribution in [0.1, 0.15) is 12.8 Å². The number of methoxy groups -OCH3 is 1. The van der Waals surface area contributed by atoms with Crippen LogP contribution >= 0.6 is 0 Å². The molecule has 0 unspecified atom stereocenters. The zero-order valence-electron chi connectivity index (χ0n) is 8.50. The van der Waals surface area contributed by atoms with E-state index in [9.17, 15) is 9.18 Å². The second-order valence-corrected chi connectivity index (χ2v) is 3.50. The van der Waals surface area contributed by atoms with Crippen LogP contribution in [-0.4, -0.2) is 19.6 Å². The van der Waals surface area contributed by atoms with E-state index in [1.807, 2.05) is 0 Å². The van der Waals surface area contributed by atoms with Crippen molar-refractivity contribution < 1.29 is 13.9 Å². The van der Waals surface area contributed by atoms with Gasteiger partial charge in [0, 0.05) is 25.1 Å². The van der Waals surface area contributed by atoms with E-state index in [1.54, 1.807) is 11.0 Å². The zero-order chi connectivity index (χ0) is 10.8. The van der Waals surface area contributed by atoms with Crippen molar-refractivity contribution in [2.45, 2.75) is 12.8 Å². The fraction of sp³-hybridized carbons (Fsp3) is 0.364. The van der Waals surface area contributed by atoms with E-state index in [0.29, 0.717) is 24.4 Å². The third-order valence-electron chi connectivity index (χ3n) is 2.48. The summed E-state index contributed by atoms with van der Waals surface area (Å²) in [6.45, 7) is 0.658. The number of nitrogens with zero attached hydrogens (tertiary/aromatic N) is 1. The summed E-state index contributed by atoms with van der Waals surface area (Å²) >= 11 is 0. The lowest BCUT2D eigenvalue weighted by molar-refractivity contribution is -0.117. The highest BCUT2D eigenvalue weighted by Gasteiger charge is 2.22. The second kappa shape index (κ2) is 3.88. The quantitative estimate of drug-likeness (QED) is 0.745. The van der Waals surface area contributed by atoms with Crippen LogP contribution in [0.3, 0.4) is 0 Å². The van der Waals surface area contributed by atoms with Gasteiger partial charge in [0.05, 0.1) is 12.8 Å². The Hall–Kier alpha value is -1.58. The third kappa shape index (κ3) is 1.93. The molecule has 1 aliphatic heterocycles. The molecule has 80 valence electrons. The predicted molar refractivity (Wildman–Crippen MR) is 54.5 cm³/mol. The van der Waals surface area contributed by atoms with Crippen LogP contribution in [0.4, 0.5) is 10.1 Å². The molecule has 0 N–H and O–H groups in total. The summed E-state index contributed by atoms with van der Waals surface area (Å²) in [6, 6.07) is 4.32. The van der Waals surface area contributed by atoms with Crippen molar-refractivity contribution in [1.29, 1.82) is 0 Å². The third-order valence-corrected chi connectivity index (χ3v) is 2.48. The topological polar surface area (TPSA) is 29.5 Å². The van der Waals surface area contributed by atoms with E-state index in [1.165, 1.54) is 19.2 Å². The van der Waals surface area contributed by atoms with Gasteiger partial charge in [0.15, 0.2) is 0 Å². The summed E-state index contributed by atoms with van der Waals surface area (Å²) in [7, 11) is 1.48. The number of hydrogen-bond donors (Lipinski definition) is 0. The monoisotopic (exact) mass is 209 g/mol. The Bertz CT molecular complexity index is 392. The van der Waals surface area contributed by atoms with Gasteiger partial charge in [0.2, 0.25) is 5.91 Å². The summed E-state index contributed by atoms with van der Waals surface area (Å²) in [5.41, 5.74) is 0.578. The predicted octanol–water partition coefficient (Wildman–Crippen LogP) is 1.96. The first-order valence-corrected chi connectivity index (χ1v) is 4.85. The molecule has 1 saturated heterocycles. The molecule has 0 atom stereocenters. The number of hydrogen-bond acceptors (Lipinski definition) is 2. The molecule has 1 aromatic carbocycles. The van der Waals surface area contributed by atoms with Crippen molar-refractivity contribution in [1.82, 2.24) is 0 Å². The Morgan fingerprint density at radius 2 is 2.20 bits per heavy atom. The van der Waals surface area contributed by atoms with E-state index < -0.39 is 0 Å². The number of carbonyl (C=O) groups is 1. The van der Waals surface area contributed by atoms with Crippen LogP contribution in [0.25, 0.3) is 0 Å². The summed E-state index contributed by atoms with van der Waals surface area (Å²) in [5.74, 6) is 0.0939. The van der Waals surface area contributed by atoms with E-state index in [4.69, 9.17) is 4.74 Å². The number of benzene rings is 1. The largest absolute Gasteiger partial charge is 0.497 e. The summed E-state index contributed by atoms with van der Waals surface area (Å²) in [6.07, 6.45) is 1.37. The van der Waals surface area contributed by atoms with Crippen molar-refractivity contribution in [2.24, 2.45) is 0 Å². The molecule has 4 heteroatoms. The van der Waals surface area contributed by atoms with Gasteiger partial charge in [0.25, 0.3) is 0 Å². The van der Waals surface area contributed by atoms with Gasteiger partial charge in [-0.05, 0) is 12.5 Å². The van der Waals surface area contributed by atoms with E-state index >= 15 is 0 Å². The van der Waals surface area contributed by atoms with Crippen LogP contribution in [0, 0.1) is 5.82 Å². The van der Waals surface area contributed by atoms with E-state index in [0.717, 1.165) is 6.42 Å². The molecule has 1 amide bonds. The molecule has 0 radical (unpaired) electrons. The second-order valence-electron chi connectivity index (χ2n) is 3.50. The van der Waals surface area contributed by atoms with E-state index in [-0.39, 0.29) is 11.7 Å². The van der Waals surface area contributed by atoms with Gasteiger partial charge >= 0.3 is 0 Å². The molecule has 1 heterocycles. The van der Waals surface area contributed by atoms with Crippen LogP contribution in [0.5, 0.6) is 5.75 Å².